The van der Waals surface area contributed by atoms with Gasteiger partial charge in [-0.05, 0) is 25.2 Å². The van der Waals surface area contributed by atoms with Crippen LogP contribution in [0.5, 0.6) is 0 Å². The number of amides is 1. The van der Waals surface area contributed by atoms with E-state index in [1.807, 2.05) is 17.7 Å². The Morgan fingerprint density at radius 2 is 2.15 bits per heavy atom. The van der Waals surface area contributed by atoms with E-state index in [1.54, 1.807) is 12.5 Å². The average Bonchev–Trinajstić information content (AvgIpc) is 3.03. The molecule has 1 heterocycles. The standard InChI is InChI=1S/C14H21N3O3/c1-10-7-11(12(8-10)14(19)20)13(18)16-3-2-5-17-6-4-15-9-17/h4,6,9-12H,2-3,5,7-8H2,1H3,(H,16,18)(H,19,20). The van der Waals surface area contributed by atoms with Crippen molar-refractivity contribution in [1.29, 1.82) is 0 Å². The zero-order valence-electron chi connectivity index (χ0n) is 11.7. The first-order valence-electron chi connectivity index (χ1n) is 7.04. The van der Waals surface area contributed by atoms with Crippen LogP contribution in [-0.2, 0) is 16.1 Å². The Morgan fingerprint density at radius 3 is 2.80 bits per heavy atom. The van der Waals surface area contributed by atoms with Crippen LogP contribution in [0.4, 0.5) is 0 Å². The van der Waals surface area contributed by atoms with Crippen LogP contribution in [0.3, 0.4) is 0 Å². The van der Waals surface area contributed by atoms with E-state index in [9.17, 15) is 9.59 Å². The van der Waals surface area contributed by atoms with Gasteiger partial charge in [-0.3, -0.25) is 9.59 Å². The lowest BCUT2D eigenvalue weighted by Crippen LogP contribution is -2.36. The van der Waals surface area contributed by atoms with Gasteiger partial charge in [0.1, 0.15) is 0 Å². The van der Waals surface area contributed by atoms with E-state index in [2.05, 4.69) is 10.3 Å². The highest BCUT2D eigenvalue weighted by Gasteiger charge is 2.40. The van der Waals surface area contributed by atoms with Crippen LogP contribution in [0.2, 0.25) is 0 Å². The molecular weight excluding hydrogens is 258 g/mol. The summed E-state index contributed by atoms with van der Waals surface area (Å²) in [5, 5.41) is 12.0. The van der Waals surface area contributed by atoms with Gasteiger partial charge in [0.05, 0.1) is 18.2 Å². The largest absolute Gasteiger partial charge is 0.481 e. The number of carboxylic acids is 1. The van der Waals surface area contributed by atoms with Gasteiger partial charge in [0.25, 0.3) is 0 Å². The second-order valence-corrected chi connectivity index (χ2v) is 5.57. The van der Waals surface area contributed by atoms with Gasteiger partial charge in [-0.25, -0.2) is 4.98 Å². The highest BCUT2D eigenvalue weighted by Crippen LogP contribution is 2.36. The molecule has 1 aliphatic carbocycles. The predicted octanol–water partition coefficient (Wildman–Crippen LogP) is 1.14. The molecule has 3 atom stereocenters. The first kappa shape index (κ1) is 14.6. The van der Waals surface area contributed by atoms with Crippen molar-refractivity contribution < 1.29 is 14.7 Å². The van der Waals surface area contributed by atoms with Crippen molar-refractivity contribution in [2.24, 2.45) is 17.8 Å². The van der Waals surface area contributed by atoms with E-state index in [1.165, 1.54) is 0 Å². The van der Waals surface area contributed by atoms with Gasteiger partial charge in [0, 0.05) is 25.5 Å². The second kappa shape index (κ2) is 6.54. The molecule has 3 unspecified atom stereocenters. The third-order valence-electron chi connectivity index (χ3n) is 3.90. The number of imidazole rings is 1. The molecule has 0 aliphatic heterocycles. The molecule has 1 saturated carbocycles. The lowest BCUT2D eigenvalue weighted by molar-refractivity contribution is -0.146. The van der Waals surface area contributed by atoms with Crippen LogP contribution in [0.25, 0.3) is 0 Å². The van der Waals surface area contributed by atoms with Gasteiger partial charge in [0.2, 0.25) is 5.91 Å². The number of aryl methyl sites for hydroxylation is 1. The predicted molar refractivity (Wildman–Crippen MR) is 72.9 cm³/mol. The molecule has 20 heavy (non-hydrogen) atoms. The highest BCUT2D eigenvalue weighted by molar-refractivity contribution is 5.85. The summed E-state index contributed by atoms with van der Waals surface area (Å²) in [6.45, 7) is 3.36. The maximum Gasteiger partial charge on any atom is 0.307 e. The van der Waals surface area contributed by atoms with E-state index in [-0.39, 0.29) is 11.8 Å². The minimum atomic E-state index is -0.854. The maximum absolute atomic E-state index is 12.1. The molecule has 1 aromatic rings. The Labute approximate surface area is 118 Å². The lowest BCUT2D eigenvalue weighted by atomic mass is 9.95. The average molecular weight is 279 g/mol. The smallest absolute Gasteiger partial charge is 0.307 e. The van der Waals surface area contributed by atoms with Crippen molar-refractivity contribution in [1.82, 2.24) is 14.9 Å². The molecule has 0 radical (unpaired) electrons. The molecule has 1 amide bonds. The number of aromatic nitrogens is 2. The topological polar surface area (TPSA) is 84.2 Å². The molecule has 110 valence electrons. The molecule has 1 fully saturated rings. The van der Waals surface area contributed by atoms with E-state index in [0.717, 1.165) is 13.0 Å². The van der Waals surface area contributed by atoms with Crippen molar-refractivity contribution in [3.63, 3.8) is 0 Å². The molecule has 0 saturated heterocycles. The fourth-order valence-corrected chi connectivity index (χ4v) is 2.88. The molecule has 0 aromatic carbocycles. The molecule has 0 bridgehead atoms. The molecule has 2 rings (SSSR count). The highest BCUT2D eigenvalue weighted by atomic mass is 16.4. The van der Waals surface area contributed by atoms with E-state index in [0.29, 0.717) is 25.3 Å². The third kappa shape index (κ3) is 3.59. The summed E-state index contributed by atoms with van der Waals surface area (Å²) in [7, 11) is 0. The summed E-state index contributed by atoms with van der Waals surface area (Å²) >= 11 is 0. The first-order chi connectivity index (χ1) is 9.58. The Hall–Kier alpha value is -1.85. The van der Waals surface area contributed by atoms with Crippen molar-refractivity contribution in [2.75, 3.05) is 6.54 Å². The van der Waals surface area contributed by atoms with Gasteiger partial charge < -0.3 is 15.0 Å². The molecule has 6 heteroatoms. The quantitative estimate of drug-likeness (QED) is 0.765. The van der Waals surface area contributed by atoms with Crippen molar-refractivity contribution in [3.8, 4) is 0 Å². The number of aliphatic carboxylic acids is 1. The maximum atomic E-state index is 12.1. The molecule has 1 aromatic heterocycles. The molecule has 0 spiro atoms. The molecule has 1 aliphatic rings. The third-order valence-corrected chi connectivity index (χ3v) is 3.90. The lowest BCUT2D eigenvalue weighted by Gasteiger charge is -2.15. The zero-order chi connectivity index (χ0) is 14.5. The molecular formula is C14H21N3O3. The van der Waals surface area contributed by atoms with Gasteiger partial charge in [-0.15, -0.1) is 0 Å². The molecule has 6 nitrogen and oxygen atoms in total. The Balaban J connectivity index is 1.75. The van der Waals surface area contributed by atoms with Crippen molar-refractivity contribution in [2.45, 2.75) is 32.7 Å². The van der Waals surface area contributed by atoms with Crippen LogP contribution in [-0.4, -0.2) is 33.1 Å². The summed E-state index contributed by atoms with van der Waals surface area (Å²) in [6, 6.07) is 0. The molecule has 2 N–H and O–H groups in total. The van der Waals surface area contributed by atoms with Crippen LogP contribution >= 0.6 is 0 Å². The number of rotatable bonds is 6. The van der Waals surface area contributed by atoms with Gasteiger partial charge >= 0.3 is 5.97 Å². The minimum Gasteiger partial charge on any atom is -0.481 e. The SMILES string of the molecule is CC1CC(C(=O)O)C(C(=O)NCCCn2ccnc2)C1. The van der Waals surface area contributed by atoms with Crippen molar-refractivity contribution >= 4 is 11.9 Å². The number of nitrogens with one attached hydrogen (secondary N) is 1. The monoisotopic (exact) mass is 279 g/mol. The summed E-state index contributed by atoms with van der Waals surface area (Å²) in [4.78, 5) is 27.2. The van der Waals surface area contributed by atoms with Crippen LogP contribution in [0, 0.1) is 17.8 Å². The summed E-state index contributed by atoms with van der Waals surface area (Å²) < 4.78 is 1.95. The number of nitrogens with zero attached hydrogens (tertiary/aromatic N) is 2. The number of carbonyl (C=O) groups excluding carboxylic acids is 1. The fraction of sp³-hybridized carbons (Fsp3) is 0.643. The van der Waals surface area contributed by atoms with Gasteiger partial charge in [-0.1, -0.05) is 6.92 Å². The minimum absolute atomic E-state index is 0.118. The Kier molecular flexibility index (Phi) is 4.76. The second-order valence-electron chi connectivity index (χ2n) is 5.57. The van der Waals surface area contributed by atoms with E-state index in [4.69, 9.17) is 5.11 Å². The number of carbonyl (C=O) groups is 2. The first-order valence-corrected chi connectivity index (χ1v) is 7.04. The van der Waals surface area contributed by atoms with Crippen LogP contribution < -0.4 is 5.32 Å². The van der Waals surface area contributed by atoms with Crippen LogP contribution in [0.15, 0.2) is 18.7 Å². The van der Waals surface area contributed by atoms with E-state index < -0.39 is 11.9 Å². The Bertz CT molecular complexity index is 458. The normalized spacial score (nSPS) is 25.6. The van der Waals surface area contributed by atoms with Gasteiger partial charge in [-0.2, -0.15) is 0 Å². The van der Waals surface area contributed by atoms with E-state index >= 15 is 0 Å². The zero-order valence-corrected chi connectivity index (χ0v) is 11.7. The number of hydrogen-bond acceptors (Lipinski definition) is 3. The number of carboxylic acid groups (broad SMARTS) is 1. The van der Waals surface area contributed by atoms with Crippen molar-refractivity contribution in [3.05, 3.63) is 18.7 Å². The summed E-state index contributed by atoms with van der Waals surface area (Å²) in [6.07, 6.45) is 7.41. The van der Waals surface area contributed by atoms with Crippen LogP contribution in [0.1, 0.15) is 26.2 Å². The Morgan fingerprint density at radius 1 is 1.40 bits per heavy atom. The summed E-state index contributed by atoms with van der Waals surface area (Å²) in [5.74, 6) is -1.58. The summed E-state index contributed by atoms with van der Waals surface area (Å²) in [5.41, 5.74) is 0. The number of hydrogen-bond donors (Lipinski definition) is 2. The van der Waals surface area contributed by atoms with Gasteiger partial charge in [0.15, 0.2) is 0 Å². The fourth-order valence-electron chi connectivity index (χ4n) is 2.88.